The number of nitrogens with zero attached hydrogens (tertiary/aromatic N) is 1. The van der Waals surface area contributed by atoms with E-state index in [0.29, 0.717) is 6.04 Å². The second-order valence-electron chi connectivity index (χ2n) is 3.92. The highest BCUT2D eigenvalue weighted by molar-refractivity contribution is 4.77. The molecule has 0 N–H and O–H groups in total. The number of morpholine rings is 1. The Morgan fingerprint density at radius 3 is 2.83 bits per heavy atom. The van der Waals surface area contributed by atoms with Crippen LogP contribution in [0.3, 0.4) is 0 Å². The van der Waals surface area contributed by atoms with E-state index in [0.717, 1.165) is 25.7 Å². The van der Waals surface area contributed by atoms with E-state index in [1.54, 1.807) is 0 Å². The average molecular weight is 171 g/mol. The van der Waals surface area contributed by atoms with Crippen LogP contribution in [0.25, 0.3) is 0 Å². The summed E-state index contributed by atoms with van der Waals surface area (Å²) in [5, 5.41) is 0. The molecule has 1 aliphatic heterocycles. The molecule has 1 unspecified atom stereocenters. The fraction of sp³-hybridized carbons (Fsp3) is 1.00. The molecule has 1 saturated heterocycles. The summed E-state index contributed by atoms with van der Waals surface area (Å²) in [4.78, 5) is 2.56. The summed E-state index contributed by atoms with van der Waals surface area (Å²) in [6.07, 6.45) is 1.25. The van der Waals surface area contributed by atoms with Crippen molar-refractivity contribution in [1.82, 2.24) is 4.90 Å². The maximum absolute atomic E-state index is 5.48. The summed E-state index contributed by atoms with van der Waals surface area (Å²) < 4.78 is 5.48. The third-order valence-corrected chi connectivity index (χ3v) is 2.56. The van der Waals surface area contributed by atoms with Crippen molar-refractivity contribution in [3.63, 3.8) is 0 Å². The topological polar surface area (TPSA) is 12.5 Å². The normalized spacial score (nSPS) is 26.5. The zero-order valence-corrected chi connectivity index (χ0v) is 8.55. The van der Waals surface area contributed by atoms with Crippen LogP contribution in [0.2, 0.25) is 0 Å². The summed E-state index contributed by atoms with van der Waals surface area (Å²) in [6.45, 7) is 11.0. The molecule has 2 nitrogen and oxygen atoms in total. The van der Waals surface area contributed by atoms with Gasteiger partial charge < -0.3 is 4.74 Å². The molecule has 12 heavy (non-hydrogen) atoms. The Bertz CT molecular complexity index is 123. The van der Waals surface area contributed by atoms with Crippen LogP contribution >= 0.6 is 0 Å². The maximum atomic E-state index is 5.48. The second-order valence-corrected chi connectivity index (χ2v) is 3.92. The van der Waals surface area contributed by atoms with Crippen molar-refractivity contribution < 1.29 is 4.74 Å². The van der Waals surface area contributed by atoms with Crippen molar-refractivity contribution in [2.75, 3.05) is 26.3 Å². The molecule has 1 rings (SSSR count). The SMILES string of the molecule is CCCN1CCOCC1C(C)C. The molecule has 1 aliphatic rings. The van der Waals surface area contributed by atoms with Gasteiger partial charge in [-0.2, -0.15) is 0 Å². The van der Waals surface area contributed by atoms with Crippen molar-refractivity contribution in [2.24, 2.45) is 5.92 Å². The molecule has 0 spiro atoms. The summed E-state index contributed by atoms with van der Waals surface area (Å²) in [6, 6.07) is 0.652. The van der Waals surface area contributed by atoms with Crippen LogP contribution in [0.1, 0.15) is 27.2 Å². The third kappa shape index (κ3) is 2.46. The van der Waals surface area contributed by atoms with Gasteiger partial charge in [-0.05, 0) is 18.9 Å². The monoisotopic (exact) mass is 171 g/mol. The lowest BCUT2D eigenvalue weighted by Crippen LogP contribution is -2.48. The summed E-state index contributed by atoms with van der Waals surface area (Å²) in [5.74, 6) is 0.719. The molecular weight excluding hydrogens is 150 g/mol. The fourth-order valence-corrected chi connectivity index (χ4v) is 1.84. The lowest BCUT2D eigenvalue weighted by atomic mass is 10.0. The quantitative estimate of drug-likeness (QED) is 0.641. The Kier molecular flexibility index (Phi) is 4.02. The van der Waals surface area contributed by atoms with Gasteiger partial charge in [0, 0.05) is 12.6 Å². The number of hydrogen-bond acceptors (Lipinski definition) is 2. The lowest BCUT2D eigenvalue weighted by Gasteiger charge is -2.37. The smallest absolute Gasteiger partial charge is 0.0624 e. The van der Waals surface area contributed by atoms with Gasteiger partial charge in [0.25, 0.3) is 0 Å². The predicted octanol–water partition coefficient (Wildman–Crippen LogP) is 1.75. The van der Waals surface area contributed by atoms with Crippen LogP contribution in [0.15, 0.2) is 0 Å². The van der Waals surface area contributed by atoms with Gasteiger partial charge in [0.15, 0.2) is 0 Å². The Balaban J connectivity index is 2.42. The van der Waals surface area contributed by atoms with Gasteiger partial charge in [-0.15, -0.1) is 0 Å². The van der Waals surface area contributed by atoms with E-state index in [1.165, 1.54) is 13.0 Å². The van der Waals surface area contributed by atoms with Crippen LogP contribution in [-0.2, 0) is 4.74 Å². The highest BCUT2D eigenvalue weighted by Gasteiger charge is 2.24. The largest absolute Gasteiger partial charge is 0.378 e. The number of hydrogen-bond donors (Lipinski definition) is 0. The van der Waals surface area contributed by atoms with Crippen LogP contribution in [0.4, 0.5) is 0 Å². The molecular formula is C10H21NO. The molecule has 1 heterocycles. The van der Waals surface area contributed by atoms with Gasteiger partial charge >= 0.3 is 0 Å². The lowest BCUT2D eigenvalue weighted by molar-refractivity contribution is -0.0241. The molecule has 1 atom stereocenters. The summed E-state index contributed by atoms with van der Waals surface area (Å²) >= 11 is 0. The first-order valence-corrected chi connectivity index (χ1v) is 5.07. The zero-order valence-electron chi connectivity index (χ0n) is 8.55. The molecule has 0 aromatic heterocycles. The Labute approximate surface area is 75.9 Å². The van der Waals surface area contributed by atoms with Crippen molar-refractivity contribution in [2.45, 2.75) is 33.2 Å². The molecule has 0 bridgehead atoms. The number of rotatable bonds is 3. The number of ether oxygens (including phenoxy) is 1. The van der Waals surface area contributed by atoms with Crippen molar-refractivity contribution >= 4 is 0 Å². The standard InChI is InChI=1S/C10H21NO/c1-4-5-11-6-7-12-8-10(11)9(2)3/h9-10H,4-8H2,1-3H3. The molecule has 0 saturated carbocycles. The van der Waals surface area contributed by atoms with Gasteiger partial charge in [-0.1, -0.05) is 20.8 Å². The summed E-state index contributed by atoms with van der Waals surface area (Å²) in [5.41, 5.74) is 0. The average Bonchev–Trinajstić information content (AvgIpc) is 2.05. The van der Waals surface area contributed by atoms with Crippen LogP contribution in [0, 0.1) is 5.92 Å². The second kappa shape index (κ2) is 4.83. The van der Waals surface area contributed by atoms with Crippen LogP contribution < -0.4 is 0 Å². The van der Waals surface area contributed by atoms with E-state index >= 15 is 0 Å². The van der Waals surface area contributed by atoms with Gasteiger partial charge in [0.1, 0.15) is 0 Å². The molecule has 0 aromatic carbocycles. The van der Waals surface area contributed by atoms with E-state index in [9.17, 15) is 0 Å². The predicted molar refractivity (Wildman–Crippen MR) is 51.3 cm³/mol. The minimum atomic E-state index is 0.652. The molecule has 2 heteroatoms. The molecule has 72 valence electrons. The van der Waals surface area contributed by atoms with Crippen LogP contribution in [0.5, 0.6) is 0 Å². The van der Waals surface area contributed by atoms with E-state index < -0.39 is 0 Å². The Morgan fingerprint density at radius 1 is 1.50 bits per heavy atom. The highest BCUT2D eigenvalue weighted by Crippen LogP contribution is 2.15. The van der Waals surface area contributed by atoms with Gasteiger partial charge in [0.05, 0.1) is 13.2 Å². The highest BCUT2D eigenvalue weighted by atomic mass is 16.5. The van der Waals surface area contributed by atoms with E-state index in [1.807, 2.05) is 0 Å². The zero-order chi connectivity index (χ0) is 8.97. The first-order chi connectivity index (χ1) is 5.75. The van der Waals surface area contributed by atoms with E-state index in [2.05, 4.69) is 25.7 Å². The van der Waals surface area contributed by atoms with Gasteiger partial charge in [0.2, 0.25) is 0 Å². The fourth-order valence-electron chi connectivity index (χ4n) is 1.84. The maximum Gasteiger partial charge on any atom is 0.0624 e. The van der Waals surface area contributed by atoms with Gasteiger partial charge in [-0.25, -0.2) is 0 Å². The molecule has 0 amide bonds. The van der Waals surface area contributed by atoms with Crippen LogP contribution in [-0.4, -0.2) is 37.2 Å². The minimum Gasteiger partial charge on any atom is -0.378 e. The molecule has 0 aromatic rings. The van der Waals surface area contributed by atoms with Crippen molar-refractivity contribution in [3.05, 3.63) is 0 Å². The Morgan fingerprint density at radius 2 is 2.25 bits per heavy atom. The van der Waals surface area contributed by atoms with Gasteiger partial charge in [-0.3, -0.25) is 4.90 Å². The van der Waals surface area contributed by atoms with Crippen molar-refractivity contribution in [3.8, 4) is 0 Å². The first kappa shape index (κ1) is 10.0. The first-order valence-electron chi connectivity index (χ1n) is 5.07. The van der Waals surface area contributed by atoms with E-state index in [-0.39, 0.29) is 0 Å². The molecule has 0 aliphatic carbocycles. The summed E-state index contributed by atoms with van der Waals surface area (Å²) in [7, 11) is 0. The Hall–Kier alpha value is -0.0800. The minimum absolute atomic E-state index is 0.652. The van der Waals surface area contributed by atoms with E-state index in [4.69, 9.17) is 4.74 Å². The third-order valence-electron chi connectivity index (χ3n) is 2.56. The molecule has 1 fully saturated rings. The van der Waals surface area contributed by atoms with Crippen molar-refractivity contribution in [1.29, 1.82) is 0 Å². The molecule has 0 radical (unpaired) electrons.